The number of hydrogen-bond acceptors (Lipinski definition) is 6. The third kappa shape index (κ3) is 2.74. The molecular formula is C12H12ClN5OS. The van der Waals surface area contributed by atoms with Crippen LogP contribution in [0.25, 0.3) is 4.96 Å². The fraction of sp³-hybridized carbons (Fsp3) is 0.250. The summed E-state index contributed by atoms with van der Waals surface area (Å²) in [5.41, 5.74) is 0.959. The van der Waals surface area contributed by atoms with E-state index in [1.807, 2.05) is 24.3 Å². The highest BCUT2D eigenvalue weighted by molar-refractivity contribution is 7.16. The Labute approximate surface area is 124 Å². The third-order valence-corrected chi connectivity index (χ3v) is 3.77. The van der Waals surface area contributed by atoms with E-state index < -0.39 is 0 Å². The summed E-state index contributed by atoms with van der Waals surface area (Å²) in [4.78, 5) is 0.764. The summed E-state index contributed by atoms with van der Waals surface area (Å²) in [6.45, 7) is 1.01. The lowest BCUT2D eigenvalue weighted by atomic mass is 10.3. The Morgan fingerprint density at radius 3 is 3.10 bits per heavy atom. The minimum atomic E-state index is 0.395. The van der Waals surface area contributed by atoms with Crippen molar-refractivity contribution in [3.05, 3.63) is 40.1 Å². The summed E-state index contributed by atoms with van der Waals surface area (Å²) in [5, 5.41) is 17.4. The lowest BCUT2D eigenvalue weighted by Crippen LogP contribution is -2.02. The van der Waals surface area contributed by atoms with E-state index >= 15 is 0 Å². The van der Waals surface area contributed by atoms with Crippen molar-refractivity contribution < 1.29 is 4.74 Å². The van der Waals surface area contributed by atoms with Crippen LogP contribution >= 0.6 is 22.9 Å². The summed E-state index contributed by atoms with van der Waals surface area (Å²) in [6.07, 6.45) is 0. The number of rotatable bonds is 5. The first-order valence-electron chi connectivity index (χ1n) is 5.94. The number of nitrogens with zero attached hydrogens (tertiary/aromatic N) is 4. The highest BCUT2D eigenvalue weighted by Gasteiger charge is 2.11. The number of ether oxygens (including phenoxy) is 1. The van der Waals surface area contributed by atoms with Crippen molar-refractivity contribution >= 4 is 33.6 Å². The highest BCUT2D eigenvalue weighted by Crippen LogP contribution is 2.18. The van der Waals surface area contributed by atoms with Crippen LogP contribution in [0.1, 0.15) is 10.8 Å². The zero-order valence-corrected chi connectivity index (χ0v) is 12.3. The standard InChI is InChI=1S/C12H12ClN5OS/c1-19-7-10-15-16-12-18(10)17-11(20-12)6-14-9-4-2-3-8(13)5-9/h2-5,14H,6-7H2,1H3. The van der Waals surface area contributed by atoms with Crippen LogP contribution in [0.2, 0.25) is 5.02 Å². The minimum Gasteiger partial charge on any atom is -0.378 e. The second-order valence-electron chi connectivity index (χ2n) is 4.10. The van der Waals surface area contributed by atoms with Gasteiger partial charge in [0.1, 0.15) is 11.6 Å². The van der Waals surface area contributed by atoms with Crippen LogP contribution in [-0.2, 0) is 17.9 Å². The van der Waals surface area contributed by atoms with Crippen LogP contribution in [0.3, 0.4) is 0 Å². The Bertz CT molecular complexity index is 726. The van der Waals surface area contributed by atoms with E-state index in [4.69, 9.17) is 16.3 Å². The normalized spacial score (nSPS) is 11.1. The summed E-state index contributed by atoms with van der Waals surface area (Å²) in [7, 11) is 1.62. The maximum atomic E-state index is 5.94. The molecule has 6 nitrogen and oxygen atoms in total. The molecule has 3 rings (SSSR count). The van der Waals surface area contributed by atoms with Gasteiger partial charge in [0.15, 0.2) is 5.82 Å². The number of benzene rings is 1. The predicted octanol–water partition coefficient (Wildman–Crippen LogP) is 2.60. The van der Waals surface area contributed by atoms with Gasteiger partial charge in [0.2, 0.25) is 4.96 Å². The van der Waals surface area contributed by atoms with E-state index in [1.165, 1.54) is 11.3 Å². The first-order valence-corrected chi connectivity index (χ1v) is 7.14. The van der Waals surface area contributed by atoms with Gasteiger partial charge in [0.25, 0.3) is 0 Å². The smallest absolute Gasteiger partial charge is 0.234 e. The molecule has 0 aliphatic rings. The average molecular weight is 310 g/mol. The van der Waals surface area contributed by atoms with Gasteiger partial charge in [-0.25, -0.2) is 0 Å². The van der Waals surface area contributed by atoms with E-state index in [9.17, 15) is 0 Å². The number of nitrogens with one attached hydrogen (secondary N) is 1. The largest absolute Gasteiger partial charge is 0.378 e. The van der Waals surface area contributed by atoms with Gasteiger partial charge in [-0.1, -0.05) is 29.0 Å². The number of fused-ring (bicyclic) bond motifs is 1. The molecule has 0 unspecified atom stereocenters. The molecule has 0 aliphatic heterocycles. The summed E-state index contributed by atoms with van der Waals surface area (Å²) in [6, 6.07) is 7.58. The fourth-order valence-electron chi connectivity index (χ4n) is 1.76. The van der Waals surface area contributed by atoms with E-state index in [1.54, 1.807) is 11.6 Å². The SMILES string of the molecule is COCc1nnc2sc(CNc3cccc(Cl)c3)nn12. The molecule has 1 N–H and O–H groups in total. The molecule has 0 radical (unpaired) electrons. The molecule has 2 heterocycles. The van der Waals surface area contributed by atoms with Crippen LogP contribution in [-0.4, -0.2) is 26.9 Å². The molecule has 3 aromatic rings. The molecule has 20 heavy (non-hydrogen) atoms. The Balaban J connectivity index is 1.74. The van der Waals surface area contributed by atoms with Crippen molar-refractivity contribution in [2.45, 2.75) is 13.2 Å². The molecule has 1 aromatic carbocycles. The van der Waals surface area contributed by atoms with Crippen LogP contribution in [0.15, 0.2) is 24.3 Å². The number of aromatic nitrogens is 4. The molecule has 8 heteroatoms. The monoisotopic (exact) mass is 309 g/mol. The number of methoxy groups -OCH3 is 1. The number of anilines is 1. The van der Waals surface area contributed by atoms with Crippen molar-refractivity contribution in [2.75, 3.05) is 12.4 Å². The highest BCUT2D eigenvalue weighted by atomic mass is 35.5. The fourth-order valence-corrected chi connectivity index (χ4v) is 2.75. The predicted molar refractivity (Wildman–Crippen MR) is 78.2 cm³/mol. The quantitative estimate of drug-likeness (QED) is 0.785. The molecule has 2 aromatic heterocycles. The van der Waals surface area contributed by atoms with Gasteiger partial charge in [0, 0.05) is 17.8 Å². The van der Waals surface area contributed by atoms with Crippen molar-refractivity contribution in [3.8, 4) is 0 Å². The van der Waals surface area contributed by atoms with Crippen molar-refractivity contribution in [1.29, 1.82) is 0 Å². The average Bonchev–Trinajstić information content (AvgIpc) is 2.99. The molecule has 0 spiro atoms. The Kier molecular flexibility index (Phi) is 3.81. The zero-order valence-electron chi connectivity index (χ0n) is 10.7. The van der Waals surface area contributed by atoms with Gasteiger partial charge in [-0.2, -0.15) is 9.61 Å². The maximum Gasteiger partial charge on any atom is 0.234 e. The lowest BCUT2D eigenvalue weighted by Gasteiger charge is -2.03. The third-order valence-electron chi connectivity index (χ3n) is 2.64. The van der Waals surface area contributed by atoms with Crippen LogP contribution in [0, 0.1) is 0 Å². The summed E-state index contributed by atoms with van der Waals surface area (Å²) < 4.78 is 6.77. The van der Waals surface area contributed by atoms with Gasteiger partial charge in [-0.3, -0.25) is 0 Å². The van der Waals surface area contributed by atoms with Crippen molar-refractivity contribution in [2.24, 2.45) is 0 Å². The Morgan fingerprint density at radius 1 is 1.40 bits per heavy atom. The molecule has 0 saturated carbocycles. The first kappa shape index (κ1) is 13.3. The molecule has 0 amide bonds. The minimum absolute atomic E-state index is 0.395. The topological polar surface area (TPSA) is 64.3 Å². The Hall–Kier alpha value is -1.70. The maximum absolute atomic E-state index is 5.94. The van der Waals surface area contributed by atoms with Crippen molar-refractivity contribution in [3.63, 3.8) is 0 Å². The van der Waals surface area contributed by atoms with Gasteiger partial charge in [-0.05, 0) is 18.2 Å². The van der Waals surface area contributed by atoms with E-state index in [0.717, 1.165) is 15.7 Å². The van der Waals surface area contributed by atoms with E-state index in [0.29, 0.717) is 24.0 Å². The van der Waals surface area contributed by atoms with Gasteiger partial charge < -0.3 is 10.1 Å². The zero-order chi connectivity index (χ0) is 13.9. The summed E-state index contributed by atoms with van der Waals surface area (Å²) >= 11 is 7.43. The molecule has 0 aliphatic carbocycles. The molecule has 0 fully saturated rings. The van der Waals surface area contributed by atoms with Crippen LogP contribution in [0.5, 0.6) is 0 Å². The second kappa shape index (κ2) is 5.74. The second-order valence-corrected chi connectivity index (χ2v) is 5.58. The van der Waals surface area contributed by atoms with E-state index in [-0.39, 0.29) is 0 Å². The van der Waals surface area contributed by atoms with Crippen LogP contribution < -0.4 is 5.32 Å². The number of hydrogen-bond donors (Lipinski definition) is 1. The van der Waals surface area contributed by atoms with Gasteiger partial charge >= 0.3 is 0 Å². The Morgan fingerprint density at radius 2 is 2.30 bits per heavy atom. The molecule has 0 saturated heterocycles. The van der Waals surface area contributed by atoms with E-state index in [2.05, 4.69) is 20.6 Å². The molecule has 0 atom stereocenters. The molecule has 104 valence electrons. The number of halogens is 1. The van der Waals surface area contributed by atoms with Crippen LogP contribution in [0.4, 0.5) is 5.69 Å². The molecule has 0 bridgehead atoms. The molecular weight excluding hydrogens is 298 g/mol. The first-order chi connectivity index (χ1) is 9.76. The van der Waals surface area contributed by atoms with Gasteiger partial charge in [-0.15, -0.1) is 10.2 Å². The summed E-state index contributed by atoms with van der Waals surface area (Å²) in [5.74, 6) is 0.702. The van der Waals surface area contributed by atoms with Crippen molar-refractivity contribution in [1.82, 2.24) is 19.8 Å². The lowest BCUT2D eigenvalue weighted by molar-refractivity contribution is 0.176. The van der Waals surface area contributed by atoms with Gasteiger partial charge in [0.05, 0.1) is 6.54 Å².